The molecule has 1 unspecified atom stereocenters. The van der Waals surface area contributed by atoms with Crippen LogP contribution >= 0.6 is 11.6 Å². The number of nitrogens with zero attached hydrogens (tertiary/aromatic N) is 5. The highest BCUT2D eigenvalue weighted by molar-refractivity contribution is 6.29. The lowest BCUT2D eigenvalue weighted by atomic mass is 9.99. The van der Waals surface area contributed by atoms with Crippen LogP contribution in [0.1, 0.15) is 31.0 Å². The Morgan fingerprint density at radius 1 is 1.15 bits per heavy atom. The van der Waals surface area contributed by atoms with Crippen LogP contribution in [0.25, 0.3) is 11.0 Å². The zero-order valence-electron chi connectivity index (χ0n) is 19.1. The molecule has 0 bridgehead atoms. The number of hydrogen-bond acceptors (Lipinski definition) is 6. The van der Waals surface area contributed by atoms with Crippen molar-refractivity contribution in [3.05, 3.63) is 63.2 Å². The quantitative estimate of drug-likeness (QED) is 0.558. The predicted octanol–water partition coefficient (Wildman–Crippen LogP) is 3.60. The van der Waals surface area contributed by atoms with E-state index in [9.17, 15) is 18.0 Å². The Bertz CT molecular complexity index is 1250. The molecule has 3 aromatic rings. The minimum atomic E-state index is -4.37. The van der Waals surface area contributed by atoms with Crippen molar-refractivity contribution < 1.29 is 13.2 Å². The Kier molecular flexibility index (Phi) is 6.58. The van der Waals surface area contributed by atoms with Gasteiger partial charge >= 0.3 is 11.9 Å². The summed E-state index contributed by atoms with van der Waals surface area (Å²) in [6, 6.07) is 8.27. The maximum absolute atomic E-state index is 13.0. The Hall–Kier alpha value is -2.69. The second-order valence-corrected chi connectivity index (χ2v) is 9.05. The van der Waals surface area contributed by atoms with Gasteiger partial charge < -0.3 is 10.6 Å². The van der Waals surface area contributed by atoms with Crippen LogP contribution in [0.3, 0.4) is 0 Å². The average Bonchev–Trinajstić information content (AvgIpc) is 2.80. The molecule has 1 aliphatic rings. The molecular formula is C23H26ClF3N6O. The topological polar surface area (TPSA) is 80.3 Å². The van der Waals surface area contributed by atoms with Gasteiger partial charge in [-0.1, -0.05) is 23.7 Å². The summed E-state index contributed by atoms with van der Waals surface area (Å²) in [6.07, 6.45) is -4.37. The highest BCUT2D eigenvalue weighted by atomic mass is 35.5. The first-order valence-electron chi connectivity index (χ1n) is 10.9. The van der Waals surface area contributed by atoms with Crippen LogP contribution in [-0.2, 0) is 13.2 Å². The summed E-state index contributed by atoms with van der Waals surface area (Å²) < 4.78 is 40.3. The van der Waals surface area contributed by atoms with E-state index in [0.29, 0.717) is 41.6 Å². The number of piperazine rings is 1. The van der Waals surface area contributed by atoms with Crippen LogP contribution in [0, 0.1) is 0 Å². The molecule has 3 heterocycles. The van der Waals surface area contributed by atoms with Crippen molar-refractivity contribution in [1.29, 1.82) is 0 Å². The maximum Gasteiger partial charge on any atom is 0.416 e. The molecular weight excluding hydrogens is 469 g/mol. The lowest BCUT2D eigenvalue weighted by Gasteiger charge is -2.48. The summed E-state index contributed by atoms with van der Waals surface area (Å²) in [4.78, 5) is 25.5. The van der Waals surface area contributed by atoms with Crippen LogP contribution < -0.4 is 16.3 Å². The molecule has 1 aromatic carbocycles. The number of benzene rings is 1. The van der Waals surface area contributed by atoms with Gasteiger partial charge in [-0.05, 0) is 43.7 Å². The van der Waals surface area contributed by atoms with Gasteiger partial charge in [-0.3, -0.25) is 9.47 Å². The standard InChI is InChI=1S/C23H26ClF3N6O/c1-13-11-33(14(2)15-4-6-16(7-5-15)23(25,26)27)17(10-28)12-32(13)21-20-18(8-9-19(24)29-20)31(3)22(34)30-21/h4-9,13-14,17H,10-12,28H2,1-3H3/t13-,14?,17+/m0/s1. The third-order valence-electron chi connectivity index (χ3n) is 6.55. The predicted molar refractivity (Wildman–Crippen MR) is 126 cm³/mol. The number of hydrogen-bond donors (Lipinski definition) is 1. The monoisotopic (exact) mass is 494 g/mol. The van der Waals surface area contributed by atoms with Gasteiger partial charge in [-0.2, -0.15) is 18.2 Å². The summed E-state index contributed by atoms with van der Waals surface area (Å²) in [5.74, 6) is 0.452. The molecule has 2 N–H and O–H groups in total. The molecule has 1 saturated heterocycles. The summed E-state index contributed by atoms with van der Waals surface area (Å²) in [7, 11) is 1.63. The van der Waals surface area contributed by atoms with Crippen molar-refractivity contribution in [3.63, 3.8) is 0 Å². The number of fused-ring (bicyclic) bond motifs is 1. The van der Waals surface area contributed by atoms with Gasteiger partial charge in [0.2, 0.25) is 0 Å². The van der Waals surface area contributed by atoms with Gasteiger partial charge in [0, 0.05) is 44.8 Å². The normalized spacial score (nSPS) is 20.6. The first-order valence-corrected chi connectivity index (χ1v) is 11.3. The van der Waals surface area contributed by atoms with E-state index in [1.807, 2.05) is 18.7 Å². The lowest BCUT2D eigenvalue weighted by Crippen LogP contribution is -2.60. The molecule has 11 heteroatoms. The van der Waals surface area contributed by atoms with Gasteiger partial charge in [0.15, 0.2) is 5.82 Å². The molecule has 7 nitrogen and oxygen atoms in total. The van der Waals surface area contributed by atoms with Gasteiger partial charge in [0.25, 0.3) is 0 Å². The molecule has 0 amide bonds. The van der Waals surface area contributed by atoms with Crippen LogP contribution in [-0.4, -0.2) is 51.2 Å². The summed E-state index contributed by atoms with van der Waals surface area (Å²) in [5.41, 5.74) is 6.98. The first kappa shape index (κ1) is 24.4. The van der Waals surface area contributed by atoms with Crippen molar-refractivity contribution >= 4 is 28.5 Å². The Labute approximate surface area is 200 Å². The zero-order chi connectivity index (χ0) is 24.8. The minimum Gasteiger partial charge on any atom is -0.349 e. The van der Waals surface area contributed by atoms with Crippen molar-refractivity contribution in [2.45, 2.75) is 38.1 Å². The Balaban J connectivity index is 1.65. The van der Waals surface area contributed by atoms with Crippen LogP contribution in [0.15, 0.2) is 41.2 Å². The number of aromatic nitrogens is 3. The van der Waals surface area contributed by atoms with Crippen molar-refractivity contribution in [2.75, 3.05) is 24.5 Å². The fourth-order valence-corrected chi connectivity index (χ4v) is 4.72. The van der Waals surface area contributed by atoms with Crippen LogP contribution in [0.2, 0.25) is 5.15 Å². The number of pyridine rings is 1. The van der Waals surface area contributed by atoms with Gasteiger partial charge in [-0.25, -0.2) is 9.78 Å². The Morgan fingerprint density at radius 3 is 2.44 bits per heavy atom. The third kappa shape index (κ3) is 4.49. The molecule has 3 atom stereocenters. The van der Waals surface area contributed by atoms with E-state index in [0.717, 1.165) is 17.7 Å². The van der Waals surface area contributed by atoms with E-state index in [4.69, 9.17) is 17.3 Å². The molecule has 0 aliphatic carbocycles. The first-order chi connectivity index (χ1) is 16.0. The van der Waals surface area contributed by atoms with Crippen molar-refractivity contribution in [1.82, 2.24) is 19.4 Å². The largest absolute Gasteiger partial charge is 0.416 e. The SMILES string of the molecule is CC(c1ccc(C(F)(F)F)cc1)N1C[C@H](C)N(c2nc(=O)n(C)c3ccc(Cl)nc23)C[C@H]1CN. The fraction of sp³-hybridized carbons (Fsp3) is 0.435. The zero-order valence-corrected chi connectivity index (χ0v) is 19.8. The van der Waals surface area contributed by atoms with Gasteiger partial charge in [-0.15, -0.1) is 0 Å². The minimum absolute atomic E-state index is 0.0664. The summed E-state index contributed by atoms with van der Waals surface area (Å²) in [6.45, 7) is 5.34. The second-order valence-electron chi connectivity index (χ2n) is 8.66. The van der Waals surface area contributed by atoms with E-state index in [1.165, 1.54) is 16.7 Å². The average molecular weight is 495 g/mol. The van der Waals surface area contributed by atoms with E-state index < -0.39 is 17.4 Å². The molecule has 1 fully saturated rings. The summed E-state index contributed by atoms with van der Waals surface area (Å²) in [5, 5.41) is 0.298. The molecule has 182 valence electrons. The lowest BCUT2D eigenvalue weighted by molar-refractivity contribution is -0.137. The Morgan fingerprint density at radius 2 is 1.82 bits per heavy atom. The fourth-order valence-electron chi connectivity index (χ4n) is 4.57. The van der Waals surface area contributed by atoms with E-state index in [2.05, 4.69) is 14.9 Å². The highest BCUT2D eigenvalue weighted by Gasteiger charge is 2.36. The number of halogens is 4. The van der Waals surface area contributed by atoms with Crippen LogP contribution in [0.4, 0.5) is 19.0 Å². The molecule has 34 heavy (non-hydrogen) atoms. The van der Waals surface area contributed by atoms with Gasteiger partial charge in [0.05, 0.1) is 11.1 Å². The van der Waals surface area contributed by atoms with E-state index >= 15 is 0 Å². The van der Waals surface area contributed by atoms with Gasteiger partial charge in [0.1, 0.15) is 10.7 Å². The van der Waals surface area contributed by atoms with E-state index in [-0.39, 0.29) is 18.1 Å². The van der Waals surface area contributed by atoms with Crippen LogP contribution in [0.5, 0.6) is 0 Å². The summed E-state index contributed by atoms with van der Waals surface area (Å²) >= 11 is 6.14. The van der Waals surface area contributed by atoms with E-state index in [1.54, 1.807) is 19.2 Å². The maximum atomic E-state index is 13.0. The number of rotatable bonds is 4. The number of alkyl halides is 3. The third-order valence-corrected chi connectivity index (χ3v) is 6.76. The second kappa shape index (κ2) is 9.16. The number of aryl methyl sites for hydroxylation is 1. The molecule has 0 saturated carbocycles. The smallest absolute Gasteiger partial charge is 0.349 e. The highest BCUT2D eigenvalue weighted by Crippen LogP contribution is 2.34. The molecule has 0 spiro atoms. The molecule has 0 radical (unpaired) electrons. The molecule has 4 rings (SSSR count). The number of nitrogens with two attached hydrogens (primary N) is 1. The van der Waals surface area contributed by atoms with Crippen molar-refractivity contribution in [3.8, 4) is 0 Å². The number of anilines is 1. The van der Waals surface area contributed by atoms with Crippen molar-refractivity contribution in [2.24, 2.45) is 12.8 Å². The molecule has 1 aliphatic heterocycles. The molecule has 2 aromatic heterocycles.